The predicted octanol–water partition coefficient (Wildman–Crippen LogP) is 3.13. The van der Waals surface area contributed by atoms with Gasteiger partial charge in [-0.1, -0.05) is 17.7 Å². The molecule has 20 heavy (non-hydrogen) atoms. The minimum absolute atomic E-state index is 0.107. The summed E-state index contributed by atoms with van der Waals surface area (Å²) < 4.78 is 0. The van der Waals surface area contributed by atoms with Gasteiger partial charge in [0.25, 0.3) is 5.69 Å². The molecule has 1 aromatic heterocycles. The molecule has 0 saturated carbocycles. The first kappa shape index (κ1) is 14.9. The van der Waals surface area contributed by atoms with Crippen molar-refractivity contribution in [2.75, 3.05) is 6.54 Å². The minimum atomic E-state index is -0.580. The number of nitrogens with one attached hydrogen (secondary N) is 1. The van der Waals surface area contributed by atoms with Crippen molar-refractivity contribution in [1.82, 2.24) is 5.32 Å². The molecule has 0 radical (unpaired) electrons. The Morgan fingerprint density at radius 2 is 2.25 bits per heavy atom. The van der Waals surface area contributed by atoms with E-state index in [0.29, 0.717) is 13.1 Å². The monoisotopic (exact) mass is 312 g/mol. The Morgan fingerprint density at radius 3 is 2.90 bits per heavy atom. The molecule has 0 bridgehead atoms. The topological polar surface area (TPSA) is 75.4 Å². The molecule has 0 aliphatic rings. The Morgan fingerprint density at radius 1 is 1.45 bits per heavy atom. The van der Waals surface area contributed by atoms with E-state index < -0.39 is 11.0 Å². The van der Waals surface area contributed by atoms with E-state index in [-0.39, 0.29) is 10.7 Å². The molecule has 5 nitrogen and oxygen atoms in total. The predicted molar refractivity (Wildman–Crippen MR) is 79.1 cm³/mol. The van der Waals surface area contributed by atoms with Crippen molar-refractivity contribution in [3.8, 4) is 0 Å². The number of nitro benzene ring substituents is 1. The first-order valence-corrected chi connectivity index (χ1v) is 7.23. The molecule has 1 aromatic carbocycles. The highest BCUT2D eigenvalue weighted by molar-refractivity contribution is 7.07. The fourth-order valence-corrected chi connectivity index (χ4v) is 2.64. The lowest BCUT2D eigenvalue weighted by Gasteiger charge is -2.10. The highest BCUT2D eigenvalue weighted by atomic mass is 35.5. The number of halogens is 1. The van der Waals surface area contributed by atoms with Crippen LogP contribution in [0, 0.1) is 10.1 Å². The summed E-state index contributed by atoms with van der Waals surface area (Å²) in [5.41, 5.74) is 1.51. The van der Waals surface area contributed by atoms with Crippen molar-refractivity contribution in [1.29, 1.82) is 0 Å². The molecule has 2 aromatic rings. The van der Waals surface area contributed by atoms with Crippen molar-refractivity contribution in [3.63, 3.8) is 0 Å². The first-order valence-electron chi connectivity index (χ1n) is 5.91. The maximum atomic E-state index is 10.8. The average molecular weight is 313 g/mol. The molecule has 106 valence electrons. The van der Waals surface area contributed by atoms with Gasteiger partial charge in [-0.05, 0) is 34.0 Å². The Kier molecular flexibility index (Phi) is 5.08. The number of aliphatic hydroxyl groups is 1. The molecular formula is C13H13ClN2O3S. The Bertz CT molecular complexity index is 589. The van der Waals surface area contributed by atoms with Crippen molar-refractivity contribution in [3.05, 3.63) is 61.3 Å². The molecule has 0 saturated heterocycles. The number of hydrogen-bond donors (Lipinski definition) is 2. The summed E-state index contributed by atoms with van der Waals surface area (Å²) in [5, 5.41) is 27.6. The normalized spacial score (nSPS) is 12.3. The van der Waals surface area contributed by atoms with Gasteiger partial charge in [-0.15, -0.1) is 0 Å². The Balaban J connectivity index is 1.91. The third-order valence-corrected chi connectivity index (χ3v) is 3.82. The molecular weight excluding hydrogens is 300 g/mol. The quantitative estimate of drug-likeness (QED) is 0.634. The van der Waals surface area contributed by atoms with Gasteiger partial charge < -0.3 is 10.4 Å². The van der Waals surface area contributed by atoms with Crippen molar-refractivity contribution >= 4 is 28.6 Å². The fraction of sp³-hybridized carbons (Fsp3) is 0.231. The van der Waals surface area contributed by atoms with Gasteiger partial charge in [-0.25, -0.2) is 0 Å². The number of nitrogens with zero attached hydrogens (tertiary/aromatic N) is 1. The molecule has 7 heteroatoms. The van der Waals surface area contributed by atoms with Crippen LogP contribution in [0.25, 0.3) is 0 Å². The van der Waals surface area contributed by atoms with E-state index in [4.69, 9.17) is 11.6 Å². The largest absolute Gasteiger partial charge is 0.387 e. The van der Waals surface area contributed by atoms with Crippen LogP contribution in [0.5, 0.6) is 0 Å². The van der Waals surface area contributed by atoms with E-state index in [0.717, 1.165) is 11.1 Å². The van der Waals surface area contributed by atoms with E-state index in [1.54, 1.807) is 6.07 Å². The lowest BCUT2D eigenvalue weighted by atomic mass is 10.1. The van der Waals surface area contributed by atoms with E-state index in [9.17, 15) is 15.2 Å². The fourth-order valence-electron chi connectivity index (χ4n) is 1.74. The minimum Gasteiger partial charge on any atom is -0.387 e. The van der Waals surface area contributed by atoms with Gasteiger partial charge in [-0.3, -0.25) is 10.1 Å². The maximum absolute atomic E-state index is 10.8. The van der Waals surface area contributed by atoms with E-state index in [2.05, 4.69) is 5.32 Å². The molecule has 0 fully saturated rings. The zero-order valence-corrected chi connectivity index (χ0v) is 12.0. The highest BCUT2D eigenvalue weighted by Gasteiger charge is 2.13. The van der Waals surface area contributed by atoms with Gasteiger partial charge in [0.2, 0.25) is 0 Å². The summed E-state index contributed by atoms with van der Waals surface area (Å²) in [4.78, 5) is 10.3. The molecule has 0 aliphatic carbocycles. The standard InChI is InChI=1S/C13H13ClN2O3S/c14-11-2-1-9(5-12(11)16(18)19)6-15-7-13(17)10-3-4-20-8-10/h1-5,8,13,15,17H,6-7H2. The summed E-state index contributed by atoms with van der Waals surface area (Å²) in [6.45, 7) is 0.812. The molecule has 1 atom stereocenters. The molecule has 2 N–H and O–H groups in total. The summed E-state index contributed by atoms with van der Waals surface area (Å²) in [7, 11) is 0. The third kappa shape index (κ3) is 3.77. The van der Waals surface area contributed by atoms with Gasteiger partial charge in [0.1, 0.15) is 5.02 Å². The summed E-state index contributed by atoms with van der Waals surface area (Å²) in [6, 6.07) is 6.53. The van der Waals surface area contributed by atoms with Crippen molar-refractivity contribution in [2.24, 2.45) is 0 Å². The summed E-state index contributed by atoms with van der Waals surface area (Å²) in [5.74, 6) is 0. The number of nitro groups is 1. The SMILES string of the molecule is O=[N+]([O-])c1cc(CNCC(O)c2ccsc2)ccc1Cl. The molecule has 2 rings (SSSR count). The molecule has 1 unspecified atom stereocenters. The van der Waals surface area contributed by atoms with Crippen LogP contribution in [0.2, 0.25) is 5.02 Å². The Labute approximate surface area is 125 Å². The van der Waals surface area contributed by atoms with Gasteiger partial charge in [-0.2, -0.15) is 11.3 Å². The van der Waals surface area contributed by atoms with E-state index >= 15 is 0 Å². The lowest BCUT2D eigenvalue weighted by Crippen LogP contribution is -2.20. The van der Waals surface area contributed by atoms with Crippen LogP contribution in [0.4, 0.5) is 5.69 Å². The number of aliphatic hydroxyl groups excluding tert-OH is 1. The van der Waals surface area contributed by atoms with Gasteiger partial charge in [0.05, 0.1) is 11.0 Å². The first-order chi connectivity index (χ1) is 9.58. The number of thiophene rings is 1. The number of hydrogen-bond acceptors (Lipinski definition) is 5. The molecule has 0 amide bonds. The van der Waals surface area contributed by atoms with Crippen molar-refractivity contribution in [2.45, 2.75) is 12.6 Å². The zero-order valence-electron chi connectivity index (χ0n) is 10.5. The Hall–Kier alpha value is -1.47. The average Bonchev–Trinajstić information content (AvgIpc) is 2.94. The molecule has 1 heterocycles. The second kappa shape index (κ2) is 6.81. The van der Waals surface area contributed by atoms with Gasteiger partial charge >= 0.3 is 0 Å². The smallest absolute Gasteiger partial charge is 0.288 e. The van der Waals surface area contributed by atoms with Crippen molar-refractivity contribution < 1.29 is 10.0 Å². The third-order valence-electron chi connectivity index (χ3n) is 2.80. The molecule has 0 spiro atoms. The van der Waals surface area contributed by atoms with E-state index in [1.807, 2.05) is 16.8 Å². The van der Waals surface area contributed by atoms with Crippen LogP contribution >= 0.6 is 22.9 Å². The van der Waals surface area contributed by atoms with Crippen LogP contribution in [0.1, 0.15) is 17.2 Å². The van der Waals surface area contributed by atoms with Crippen LogP contribution in [-0.4, -0.2) is 16.6 Å². The lowest BCUT2D eigenvalue weighted by molar-refractivity contribution is -0.384. The summed E-state index contributed by atoms with van der Waals surface area (Å²) in [6.07, 6.45) is -0.580. The van der Waals surface area contributed by atoms with Crippen LogP contribution in [0.15, 0.2) is 35.0 Å². The van der Waals surface area contributed by atoms with Crippen LogP contribution < -0.4 is 5.32 Å². The second-order valence-corrected chi connectivity index (χ2v) is 5.43. The highest BCUT2D eigenvalue weighted by Crippen LogP contribution is 2.25. The summed E-state index contributed by atoms with van der Waals surface area (Å²) >= 11 is 7.27. The number of benzene rings is 1. The second-order valence-electron chi connectivity index (χ2n) is 4.25. The van der Waals surface area contributed by atoms with Gasteiger partial charge in [0, 0.05) is 19.2 Å². The molecule has 0 aliphatic heterocycles. The maximum Gasteiger partial charge on any atom is 0.288 e. The van der Waals surface area contributed by atoms with Gasteiger partial charge in [0.15, 0.2) is 0 Å². The van der Waals surface area contributed by atoms with E-state index in [1.165, 1.54) is 23.5 Å². The number of rotatable bonds is 6. The van der Waals surface area contributed by atoms with Crippen LogP contribution in [-0.2, 0) is 6.54 Å². The van der Waals surface area contributed by atoms with Crippen LogP contribution in [0.3, 0.4) is 0 Å². The zero-order chi connectivity index (χ0) is 14.5.